The first kappa shape index (κ1) is 16.5. The van der Waals surface area contributed by atoms with Crippen molar-refractivity contribution in [2.75, 3.05) is 19.4 Å². The van der Waals surface area contributed by atoms with Gasteiger partial charge in [0.05, 0.1) is 0 Å². The molecule has 0 heterocycles. The van der Waals surface area contributed by atoms with E-state index < -0.39 is 0 Å². The van der Waals surface area contributed by atoms with Crippen LogP contribution in [-0.4, -0.2) is 36.9 Å². The van der Waals surface area contributed by atoms with Gasteiger partial charge >= 0.3 is 0 Å². The largest absolute Gasteiger partial charge is 0.345 e. The van der Waals surface area contributed by atoms with Crippen LogP contribution in [0.4, 0.5) is 5.69 Å². The first-order valence-electron chi connectivity index (χ1n) is 7.77. The monoisotopic (exact) mass is 303 g/mol. The van der Waals surface area contributed by atoms with Crippen molar-refractivity contribution in [3.8, 4) is 0 Å². The maximum absolute atomic E-state index is 12.3. The number of rotatable bonds is 3. The van der Waals surface area contributed by atoms with Crippen LogP contribution in [-0.2, 0) is 4.79 Å². The lowest BCUT2D eigenvalue weighted by atomic mass is 9.85. The molecule has 1 aliphatic carbocycles. The number of hydrogen-bond donors (Lipinski definition) is 2. The minimum absolute atomic E-state index is 0.00728. The van der Waals surface area contributed by atoms with E-state index in [9.17, 15) is 9.59 Å². The number of nitrogens with two attached hydrogens (primary N) is 1. The molecule has 0 aliphatic heterocycles. The van der Waals surface area contributed by atoms with E-state index in [-0.39, 0.29) is 23.8 Å². The summed E-state index contributed by atoms with van der Waals surface area (Å²) in [5, 5.41) is 2.95. The highest BCUT2D eigenvalue weighted by atomic mass is 16.2. The van der Waals surface area contributed by atoms with Crippen molar-refractivity contribution in [2.45, 2.75) is 38.6 Å². The Labute approximate surface area is 131 Å². The molecule has 1 aliphatic rings. The van der Waals surface area contributed by atoms with E-state index in [1.807, 2.05) is 13.0 Å². The molecule has 1 aromatic carbocycles. The van der Waals surface area contributed by atoms with Gasteiger partial charge in [0.1, 0.15) is 0 Å². The van der Waals surface area contributed by atoms with Gasteiger partial charge in [-0.05, 0) is 49.9 Å². The van der Waals surface area contributed by atoms with Crippen LogP contribution in [0.3, 0.4) is 0 Å². The lowest BCUT2D eigenvalue weighted by molar-refractivity contribution is -0.120. The van der Waals surface area contributed by atoms with Crippen molar-refractivity contribution >= 4 is 17.5 Å². The number of carbonyl (C=O) groups is 2. The fourth-order valence-corrected chi connectivity index (χ4v) is 2.93. The average molecular weight is 303 g/mol. The summed E-state index contributed by atoms with van der Waals surface area (Å²) < 4.78 is 0. The summed E-state index contributed by atoms with van der Waals surface area (Å²) in [7, 11) is 3.45. The Morgan fingerprint density at radius 3 is 2.59 bits per heavy atom. The molecule has 120 valence electrons. The summed E-state index contributed by atoms with van der Waals surface area (Å²) in [5.41, 5.74) is 8.19. The standard InChI is InChI=1S/C17H25N3O2/c1-11-9-14(7-8-15(11)17(22)20(2)3)19-16(21)12-5-4-6-13(18)10-12/h7-9,12-13H,4-6,10,18H2,1-3H3,(H,19,21). The minimum Gasteiger partial charge on any atom is -0.345 e. The summed E-state index contributed by atoms with van der Waals surface area (Å²) in [6, 6.07) is 5.52. The molecule has 0 spiro atoms. The van der Waals surface area contributed by atoms with Gasteiger partial charge < -0.3 is 16.0 Å². The second kappa shape index (κ2) is 6.92. The Hall–Kier alpha value is -1.88. The van der Waals surface area contributed by atoms with Crippen molar-refractivity contribution in [3.63, 3.8) is 0 Å². The SMILES string of the molecule is Cc1cc(NC(=O)C2CCCC(N)C2)ccc1C(=O)N(C)C. The molecule has 5 heteroatoms. The van der Waals surface area contributed by atoms with Crippen molar-refractivity contribution < 1.29 is 9.59 Å². The Bertz CT molecular complexity index is 569. The van der Waals surface area contributed by atoms with Gasteiger partial charge in [0.15, 0.2) is 0 Å². The third kappa shape index (κ3) is 3.85. The third-order valence-electron chi connectivity index (χ3n) is 4.22. The predicted molar refractivity (Wildman–Crippen MR) is 87.8 cm³/mol. The topological polar surface area (TPSA) is 75.4 Å². The van der Waals surface area contributed by atoms with Crippen molar-refractivity contribution in [3.05, 3.63) is 29.3 Å². The summed E-state index contributed by atoms with van der Waals surface area (Å²) >= 11 is 0. The van der Waals surface area contributed by atoms with Crippen LogP contribution in [0.15, 0.2) is 18.2 Å². The van der Waals surface area contributed by atoms with Crippen LogP contribution < -0.4 is 11.1 Å². The Balaban J connectivity index is 2.06. The van der Waals surface area contributed by atoms with Crippen LogP contribution in [0.25, 0.3) is 0 Å². The minimum atomic E-state index is -0.0337. The zero-order valence-electron chi connectivity index (χ0n) is 13.6. The summed E-state index contributed by atoms with van der Waals surface area (Å²) in [6.45, 7) is 1.88. The highest BCUT2D eigenvalue weighted by molar-refractivity contribution is 5.97. The molecule has 2 amide bonds. The number of benzene rings is 1. The molecular weight excluding hydrogens is 278 g/mol. The smallest absolute Gasteiger partial charge is 0.253 e. The van der Waals surface area contributed by atoms with Gasteiger partial charge in [0.25, 0.3) is 5.91 Å². The molecule has 0 bridgehead atoms. The second-order valence-corrected chi connectivity index (χ2v) is 6.34. The fourth-order valence-electron chi connectivity index (χ4n) is 2.93. The number of nitrogens with one attached hydrogen (secondary N) is 1. The molecule has 1 aromatic rings. The molecule has 3 N–H and O–H groups in total. The van der Waals surface area contributed by atoms with Crippen LogP contribution in [0.1, 0.15) is 41.6 Å². The van der Waals surface area contributed by atoms with E-state index in [1.165, 1.54) is 0 Å². The maximum Gasteiger partial charge on any atom is 0.253 e. The first-order chi connectivity index (χ1) is 10.4. The quantitative estimate of drug-likeness (QED) is 0.898. The van der Waals surface area contributed by atoms with E-state index in [2.05, 4.69) is 5.32 Å². The van der Waals surface area contributed by atoms with E-state index in [1.54, 1.807) is 31.1 Å². The lowest BCUT2D eigenvalue weighted by Crippen LogP contribution is -2.34. The average Bonchev–Trinajstić information content (AvgIpc) is 2.46. The maximum atomic E-state index is 12.3. The highest BCUT2D eigenvalue weighted by Crippen LogP contribution is 2.25. The number of amides is 2. The van der Waals surface area contributed by atoms with Crippen LogP contribution in [0.5, 0.6) is 0 Å². The summed E-state index contributed by atoms with van der Waals surface area (Å²) in [4.78, 5) is 25.9. The molecule has 1 fully saturated rings. The zero-order chi connectivity index (χ0) is 16.3. The van der Waals surface area contributed by atoms with Crippen molar-refractivity contribution in [1.82, 2.24) is 4.90 Å². The van der Waals surface area contributed by atoms with Gasteiger partial charge in [-0.1, -0.05) is 6.42 Å². The van der Waals surface area contributed by atoms with Crippen LogP contribution in [0, 0.1) is 12.8 Å². The number of carbonyl (C=O) groups excluding carboxylic acids is 2. The zero-order valence-corrected chi connectivity index (χ0v) is 13.6. The molecule has 22 heavy (non-hydrogen) atoms. The summed E-state index contributed by atoms with van der Waals surface area (Å²) in [6.07, 6.45) is 3.66. The predicted octanol–water partition coefficient (Wildman–Crippen LogP) is 2.15. The molecule has 0 aromatic heterocycles. The Morgan fingerprint density at radius 1 is 1.27 bits per heavy atom. The van der Waals surface area contributed by atoms with Gasteiger partial charge in [0.2, 0.25) is 5.91 Å². The molecule has 1 saturated carbocycles. The number of nitrogens with zero attached hydrogens (tertiary/aromatic N) is 1. The van der Waals surface area contributed by atoms with Gasteiger partial charge in [-0.3, -0.25) is 9.59 Å². The summed E-state index contributed by atoms with van der Waals surface area (Å²) in [5.74, 6) is -0.0120. The molecule has 0 radical (unpaired) electrons. The number of anilines is 1. The van der Waals surface area contributed by atoms with E-state index in [4.69, 9.17) is 5.73 Å². The Kier molecular flexibility index (Phi) is 5.19. The van der Waals surface area contributed by atoms with Gasteiger partial charge in [-0.25, -0.2) is 0 Å². The van der Waals surface area contributed by atoms with Crippen LogP contribution >= 0.6 is 0 Å². The Morgan fingerprint density at radius 2 is 2.00 bits per heavy atom. The first-order valence-corrected chi connectivity index (χ1v) is 7.77. The number of aryl methyl sites for hydroxylation is 1. The number of hydrogen-bond acceptors (Lipinski definition) is 3. The van der Waals surface area contributed by atoms with Crippen molar-refractivity contribution in [1.29, 1.82) is 0 Å². The van der Waals surface area contributed by atoms with E-state index >= 15 is 0 Å². The highest BCUT2D eigenvalue weighted by Gasteiger charge is 2.25. The molecule has 2 atom stereocenters. The van der Waals surface area contributed by atoms with E-state index in [0.717, 1.165) is 36.9 Å². The molecule has 0 saturated heterocycles. The third-order valence-corrected chi connectivity index (χ3v) is 4.22. The molecular formula is C17H25N3O2. The molecule has 5 nitrogen and oxygen atoms in total. The van der Waals surface area contributed by atoms with Crippen molar-refractivity contribution in [2.24, 2.45) is 11.7 Å². The lowest BCUT2D eigenvalue weighted by Gasteiger charge is -2.25. The second-order valence-electron chi connectivity index (χ2n) is 6.34. The molecule has 2 rings (SSSR count). The van der Waals surface area contributed by atoms with Gasteiger partial charge in [0, 0.05) is 37.3 Å². The molecule has 2 unspecified atom stereocenters. The van der Waals surface area contributed by atoms with Gasteiger partial charge in [-0.2, -0.15) is 0 Å². The van der Waals surface area contributed by atoms with Crippen LogP contribution in [0.2, 0.25) is 0 Å². The van der Waals surface area contributed by atoms with E-state index in [0.29, 0.717) is 5.56 Å². The van der Waals surface area contributed by atoms with Gasteiger partial charge in [-0.15, -0.1) is 0 Å². The normalized spacial score (nSPS) is 21.3. The fraction of sp³-hybridized carbons (Fsp3) is 0.529.